The van der Waals surface area contributed by atoms with Gasteiger partial charge in [0.2, 0.25) is 0 Å². The molecule has 3 rings (SSSR count). The molecule has 0 aliphatic carbocycles. The van der Waals surface area contributed by atoms with E-state index in [1.54, 1.807) is 17.3 Å². The maximum atomic E-state index is 13.6. The number of rotatable bonds is 2. The minimum absolute atomic E-state index is 0.0119. The van der Waals surface area contributed by atoms with Crippen molar-refractivity contribution in [2.75, 3.05) is 11.9 Å². The fourth-order valence-electron chi connectivity index (χ4n) is 2.61. The number of nitrogens with zero attached hydrogens (tertiary/aromatic N) is 3. The van der Waals surface area contributed by atoms with Crippen LogP contribution in [0.3, 0.4) is 0 Å². The summed E-state index contributed by atoms with van der Waals surface area (Å²) in [6.45, 7) is 0.658. The Labute approximate surface area is 121 Å². The Kier molecular flexibility index (Phi) is 3.77. The van der Waals surface area contributed by atoms with E-state index in [-0.39, 0.29) is 17.8 Å². The molecule has 1 N–H and O–H groups in total. The third kappa shape index (κ3) is 2.84. The molecule has 1 unspecified atom stereocenters. The van der Waals surface area contributed by atoms with E-state index in [0.717, 1.165) is 24.6 Å². The molecule has 2 aromatic heterocycles. The number of carbonyl (C=O) groups excluding carboxylic acids is 1. The first kappa shape index (κ1) is 13.5. The predicted molar refractivity (Wildman–Crippen MR) is 76.1 cm³/mol. The van der Waals surface area contributed by atoms with Crippen molar-refractivity contribution < 1.29 is 9.18 Å². The number of pyridine rings is 2. The zero-order valence-corrected chi connectivity index (χ0v) is 11.4. The highest BCUT2D eigenvalue weighted by atomic mass is 19.1. The molecule has 0 saturated carbocycles. The van der Waals surface area contributed by atoms with Crippen LogP contribution in [0.1, 0.15) is 24.4 Å². The Morgan fingerprint density at radius 3 is 2.76 bits per heavy atom. The van der Waals surface area contributed by atoms with Gasteiger partial charge in [-0.1, -0.05) is 0 Å². The number of nitrogens with one attached hydrogen (secondary N) is 1. The Hall–Kier alpha value is -2.50. The van der Waals surface area contributed by atoms with Crippen LogP contribution in [0, 0.1) is 5.82 Å². The van der Waals surface area contributed by atoms with Gasteiger partial charge in [0.15, 0.2) is 5.82 Å². The highest BCUT2D eigenvalue weighted by Crippen LogP contribution is 2.32. The van der Waals surface area contributed by atoms with Crippen LogP contribution >= 0.6 is 0 Å². The summed E-state index contributed by atoms with van der Waals surface area (Å²) in [7, 11) is 0. The second-order valence-corrected chi connectivity index (χ2v) is 4.92. The number of urea groups is 1. The molecule has 0 spiro atoms. The molecule has 0 bridgehead atoms. The lowest BCUT2D eigenvalue weighted by molar-refractivity contribution is 0.207. The number of hydrogen-bond donors (Lipinski definition) is 1. The molecule has 108 valence electrons. The van der Waals surface area contributed by atoms with Gasteiger partial charge in [-0.3, -0.25) is 9.97 Å². The van der Waals surface area contributed by atoms with E-state index < -0.39 is 5.82 Å². The highest BCUT2D eigenvalue weighted by molar-refractivity contribution is 5.89. The number of aromatic nitrogens is 2. The fraction of sp³-hybridized carbons (Fsp3) is 0.267. The molecule has 1 fully saturated rings. The van der Waals surface area contributed by atoms with E-state index in [1.165, 1.54) is 12.3 Å². The Bertz CT molecular complexity index is 635. The van der Waals surface area contributed by atoms with Gasteiger partial charge in [0.25, 0.3) is 0 Å². The summed E-state index contributed by atoms with van der Waals surface area (Å²) in [6.07, 6.45) is 7.79. The normalized spacial score (nSPS) is 17.8. The van der Waals surface area contributed by atoms with Crippen molar-refractivity contribution in [3.8, 4) is 0 Å². The molecule has 3 heterocycles. The predicted octanol–water partition coefficient (Wildman–Crippen LogP) is 2.98. The number of halogens is 1. The average Bonchev–Trinajstić information content (AvgIpc) is 3.00. The lowest BCUT2D eigenvalue weighted by Gasteiger charge is -2.25. The molecular formula is C15H15FN4O. The third-order valence-electron chi connectivity index (χ3n) is 3.62. The van der Waals surface area contributed by atoms with E-state index in [2.05, 4.69) is 15.3 Å². The maximum Gasteiger partial charge on any atom is 0.322 e. The smallest absolute Gasteiger partial charge is 0.317 e. The minimum Gasteiger partial charge on any atom is -0.317 e. The van der Waals surface area contributed by atoms with Gasteiger partial charge in [-0.15, -0.1) is 0 Å². The van der Waals surface area contributed by atoms with Gasteiger partial charge in [0.05, 0.1) is 17.9 Å². The van der Waals surface area contributed by atoms with Crippen molar-refractivity contribution in [2.24, 2.45) is 0 Å². The number of amides is 2. The summed E-state index contributed by atoms with van der Waals surface area (Å²) in [5.41, 5.74) is 1.20. The van der Waals surface area contributed by atoms with Crippen LogP contribution in [-0.2, 0) is 0 Å². The van der Waals surface area contributed by atoms with Crippen molar-refractivity contribution in [3.63, 3.8) is 0 Å². The van der Waals surface area contributed by atoms with Gasteiger partial charge in [-0.2, -0.15) is 0 Å². The second-order valence-electron chi connectivity index (χ2n) is 4.92. The molecule has 1 atom stereocenters. The molecule has 0 radical (unpaired) electrons. The van der Waals surface area contributed by atoms with E-state index in [0.29, 0.717) is 6.54 Å². The molecule has 0 aromatic carbocycles. The first-order valence-electron chi connectivity index (χ1n) is 6.83. The lowest BCUT2D eigenvalue weighted by atomic mass is 10.1. The second kappa shape index (κ2) is 5.87. The molecule has 2 amide bonds. The SMILES string of the molecule is O=C(Nc1ccncc1F)N1CCCC1c1ccncc1. The molecule has 1 saturated heterocycles. The molecule has 1 aliphatic rings. The van der Waals surface area contributed by atoms with Crippen molar-refractivity contribution in [1.82, 2.24) is 14.9 Å². The number of anilines is 1. The minimum atomic E-state index is -0.537. The van der Waals surface area contributed by atoms with Gasteiger partial charge in [-0.05, 0) is 36.6 Å². The lowest BCUT2D eigenvalue weighted by Crippen LogP contribution is -2.34. The van der Waals surface area contributed by atoms with Crippen LogP contribution in [0.2, 0.25) is 0 Å². The van der Waals surface area contributed by atoms with Crippen molar-refractivity contribution in [2.45, 2.75) is 18.9 Å². The molecule has 5 nitrogen and oxygen atoms in total. The summed E-state index contributed by atoms with van der Waals surface area (Å²) < 4.78 is 13.6. The van der Waals surface area contributed by atoms with Gasteiger partial charge in [0.1, 0.15) is 0 Å². The fourth-order valence-corrected chi connectivity index (χ4v) is 2.61. The van der Waals surface area contributed by atoms with Gasteiger partial charge < -0.3 is 10.2 Å². The molecule has 2 aromatic rings. The summed E-state index contributed by atoms with van der Waals surface area (Å²) in [5.74, 6) is -0.537. The monoisotopic (exact) mass is 286 g/mol. The third-order valence-corrected chi connectivity index (χ3v) is 3.62. The molecule has 21 heavy (non-hydrogen) atoms. The standard InChI is InChI=1S/C15H15FN4O/c16-12-10-18-8-5-13(12)19-15(21)20-9-1-2-14(20)11-3-6-17-7-4-11/h3-8,10,14H,1-2,9H2,(H,18,19,21). The molecular weight excluding hydrogens is 271 g/mol. The summed E-state index contributed by atoms with van der Waals surface area (Å²) in [4.78, 5) is 21.7. The quantitative estimate of drug-likeness (QED) is 0.923. The zero-order chi connectivity index (χ0) is 14.7. The van der Waals surface area contributed by atoms with Crippen LogP contribution < -0.4 is 5.32 Å². The van der Waals surface area contributed by atoms with E-state index >= 15 is 0 Å². The van der Waals surface area contributed by atoms with Gasteiger partial charge >= 0.3 is 6.03 Å². The van der Waals surface area contributed by atoms with E-state index in [9.17, 15) is 9.18 Å². The average molecular weight is 286 g/mol. The molecule has 1 aliphatic heterocycles. The van der Waals surface area contributed by atoms with Crippen LogP contribution in [0.4, 0.5) is 14.9 Å². The maximum absolute atomic E-state index is 13.6. The van der Waals surface area contributed by atoms with Gasteiger partial charge in [0, 0.05) is 25.1 Å². The van der Waals surface area contributed by atoms with Crippen LogP contribution in [-0.4, -0.2) is 27.4 Å². The van der Waals surface area contributed by atoms with Crippen LogP contribution in [0.15, 0.2) is 43.0 Å². The number of hydrogen-bond acceptors (Lipinski definition) is 3. The largest absolute Gasteiger partial charge is 0.322 e. The number of likely N-dealkylation sites (tertiary alicyclic amines) is 1. The first-order valence-corrected chi connectivity index (χ1v) is 6.83. The van der Waals surface area contributed by atoms with E-state index in [4.69, 9.17) is 0 Å². The zero-order valence-electron chi connectivity index (χ0n) is 11.4. The van der Waals surface area contributed by atoms with Gasteiger partial charge in [-0.25, -0.2) is 9.18 Å². The highest BCUT2D eigenvalue weighted by Gasteiger charge is 2.30. The first-order chi connectivity index (χ1) is 10.3. The summed E-state index contributed by atoms with van der Waals surface area (Å²) in [5, 5.41) is 2.61. The van der Waals surface area contributed by atoms with Crippen molar-refractivity contribution >= 4 is 11.7 Å². The number of carbonyl (C=O) groups is 1. The van der Waals surface area contributed by atoms with Crippen molar-refractivity contribution in [1.29, 1.82) is 0 Å². The summed E-state index contributed by atoms with van der Waals surface area (Å²) in [6, 6.07) is 4.98. The topological polar surface area (TPSA) is 58.1 Å². The van der Waals surface area contributed by atoms with Crippen molar-refractivity contribution in [3.05, 3.63) is 54.4 Å². The van der Waals surface area contributed by atoms with Crippen LogP contribution in [0.5, 0.6) is 0 Å². The Morgan fingerprint density at radius 1 is 1.24 bits per heavy atom. The Balaban J connectivity index is 1.76. The molecule has 6 heteroatoms. The van der Waals surface area contributed by atoms with Crippen LogP contribution in [0.25, 0.3) is 0 Å². The Morgan fingerprint density at radius 2 is 2.00 bits per heavy atom. The summed E-state index contributed by atoms with van der Waals surface area (Å²) >= 11 is 0. The van der Waals surface area contributed by atoms with E-state index in [1.807, 2.05) is 12.1 Å².